The van der Waals surface area contributed by atoms with E-state index in [1.165, 1.54) is 32.7 Å². The molecule has 0 aliphatic rings. The van der Waals surface area contributed by atoms with Crippen molar-refractivity contribution in [3.05, 3.63) is 156 Å². The first-order valence-corrected chi connectivity index (χ1v) is 12.5. The van der Waals surface area contributed by atoms with E-state index in [2.05, 4.69) is 143 Å². The molecule has 0 aromatic heterocycles. The van der Waals surface area contributed by atoms with Crippen molar-refractivity contribution in [2.24, 2.45) is 9.98 Å². The van der Waals surface area contributed by atoms with E-state index in [4.69, 9.17) is 0 Å². The second kappa shape index (κ2) is 10.4. The lowest BCUT2D eigenvalue weighted by molar-refractivity contribution is 1.19. The lowest BCUT2D eigenvalue weighted by atomic mass is 10.0. The first-order chi connectivity index (χ1) is 18.3. The number of fused-ring (bicyclic) bond motifs is 2. The predicted molar refractivity (Wildman–Crippen MR) is 158 cm³/mol. The third kappa shape index (κ3) is 5.55. The molecule has 0 aliphatic heterocycles. The molecule has 0 saturated carbocycles. The quantitative estimate of drug-likeness (QED) is 0.215. The number of hydrogen-bond acceptors (Lipinski definition) is 2. The standard InChI is InChI=1S/C35H26N2/c1-3-7-32-22-28(9-15-30(32)5-1)24-36-34-17-11-26(12-18-34)21-27-13-19-35(20-14-27)37-25-29-10-16-31-6-2-4-8-33(31)23-29/h1-20,22-25H,21H2. The molecule has 37 heavy (non-hydrogen) atoms. The summed E-state index contributed by atoms with van der Waals surface area (Å²) in [7, 11) is 0. The van der Waals surface area contributed by atoms with Gasteiger partial charge < -0.3 is 0 Å². The monoisotopic (exact) mass is 474 g/mol. The molecule has 6 aromatic carbocycles. The van der Waals surface area contributed by atoms with Crippen molar-refractivity contribution < 1.29 is 0 Å². The minimum absolute atomic E-state index is 0.878. The molecule has 176 valence electrons. The molecule has 0 aliphatic carbocycles. The van der Waals surface area contributed by atoms with Crippen molar-refractivity contribution in [1.29, 1.82) is 0 Å². The highest BCUT2D eigenvalue weighted by molar-refractivity contribution is 5.92. The Hall–Kier alpha value is -4.82. The van der Waals surface area contributed by atoms with Crippen LogP contribution < -0.4 is 0 Å². The highest BCUT2D eigenvalue weighted by Crippen LogP contribution is 2.20. The number of rotatable bonds is 6. The van der Waals surface area contributed by atoms with Crippen LogP contribution in [0.1, 0.15) is 22.3 Å². The van der Waals surface area contributed by atoms with Crippen molar-refractivity contribution in [3.63, 3.8) is 0 Å². The molecule has 2 nitrogen and oxygen atoms in total. The van der Waals surface area contributed by atoms with Crippen molar-refractivity contribution in [1.82, 2.24) is 0 Å². The number of benzene rings is 6. The van der Waals surface area contributed by atoms with Crippen LogP contribution in [-0.2, 0) is 6.42 Å². The Labute approximate surface area is 217 Å². The fourth-order valence-electron chi connectivity index (χ4n) is 4.51. The van der Waals surface area contributed by atoms with Gasteiger partial charge in [-0.05, 0) is 86.6 Å². The van der Waals surface area contributed by atoms with Gasteiger partial charge in [0.1, 0.15) is 0 Å². The number of hydrogen-bond donors (Lipinski definition) is 0. The average Bonchev–Trinajstić information content (AvgIpc) is 2.96. The third-order valence-corrected chi connectivity index (χ3v) is 6.55. The van der Waals surface area contributed by atoms with Gasteiger partial charge in [0.2, 0.25) is 0 Å². The Balaban J connectivity index is 1.08. The zero-order chi connectivity index (χ0) is 24.9. The van der Waals surface area contributed by atoms with Gasteiger partial charge in [0.05, 0.1) is 11.4 Å². The first-order valence-electron chi connectivity index (χ1n) is 12.5. The summed E-state index contributed by atoms with van der Waals surface area (Å²) in [6.45, 7) is 0. The van der Waals surface area contributed by atoms with Gasteiger partial charge in [-0.1, -0.05) is 97.1 Å². The number of aliphatic imine (C=N–C) groups is 2. The third-order valence-electron chi connectivity index (χ3n) is 6.55. The molecule has 0 atom stereocenters. The van der Waals surface area contributed by atoms with Crippen LogP contribution in [0.3, 0.4) is 0 Å². The molecule has 0 spiro atoms. The highest BCUT2D eigenvalue weighted by atomic mass is 14.7. The van der Waals surface area contributed by atoms with Gasteiger partial charge in [-0.3, -0.25) is 9.98 Å². The number of nitrogens with zero attached hydrogens (tertiary/aromatic N) is 2. The molecule has 0 unspecified atom stereocenters. The minimum Gasteiger partial charge on any atom is -0.256 e. The fraction of sp³-hybridized carbons (Fsp3) is 0.0286. The topological polar surface area (TPSA) is 24.7 Å². The van der Waals surface area contributed by atoms with Gasteiger partial charge in [-0.2, -0.15) is 0 Å². The SMILES string of the molecule is C(=Nc1ccc(Cc2ccc(N=Cc3ccc4ccccc4c3)cc2)cc1)c1ccc2ccccc2c1. The van der Waals surface area contributed by atoms with Crippen LogP contribution in [0.4, 0.5) is 11.4 Å². The van der Waals surface area contributed by atoms with Gasteiger partial charge in [0.15, 0.2) is 0 Å². The van der Waals surface area contributed by atoms with E-state index in [0.717, 1.165) is 28.9 Å². The summed E-state index contributed by atoms with van der Waals surface area (Å²) >= 11 is 0. The first kappa shape index (κ1) is 22.6. The van der Waals surface area contributed by atoms with E-state index in [1.807, 2.05) is 12.4 Å². The normalized spacial score (nSPS) is 11.7. The van der Waals surface area contributed by atoms with Gasteiger partial charge in [-0.15, -0.1) is 0 Å². The summed E-state index contributed by atoms with van der Waals surface area (Å²) < 4.78 is 0. The zero-order valence-electron chi connectivity index (χ0n) is 20.5. The Morgan fingerprint density at radius 3 is 1.24 bits per heavy atom. The molecular formula is C35H26N2. The second-order valence-electron chi connectivity index (χ2n) is 9.24. The van der Waals surface area contributed by atoms with Gasteiger partial charge in [0.25, 0.3) is 0 Å². The van der Waals surface area contributed by atoms with Gasteiger partial charge in [-0.25, -0.2) is 0 Å². The molecule has 0 bridgehead atoms. The van der Waals surface area contributed by atoms with Crippen molar-refractivity contribution in [2.75, 3.05) is 0 Å². The molecule has 6 aromatic rings. The summed E-state index contributed by atoms with van der Waals surface area (Å²) in [5.41, 5.74) is 6.64. The van der Waals surface area contributed by atoms with Crippen LogP contribution in [-0.4, -0.2) is 12.4 Å². The lowest BCUT2D eigenvalue weighted by Crippen LogP contribution is -1.87. The predicted octanol–water partition coefficient (Wildman–Crippen LogP) is 9.08. The summed E-state index contributed by atoms with van der Waals surface area (Å²) in [4.78, 5) is 9.33. The van der Waals surface area contributed by atoms with Crippen molar-refractivity contribution in [2.45, 2.75) is 6.42 Å². The highest BCUT2D eigenvalue weighted by Gasteiger charge is 1.99. The van der Waals surface area contributed by atoms with Crippen LogP contribution in [0.2, 0.25) is 0 Å². The van der Waals surface area contributed by atoms with E-state index >= 15 is 0 Å². The lowest BCUT2D eigenvalue weighted by Gasteiger charge is -2.04. The minimum atomic E-state index is 0.878. The van der Waals surface area contributed by atoms with Crippen LogP contribution in [0, 0.1) is 0 Å². The molecule has 0 amide bonds. The Morgan fingerprint density at radius 1 is 0.405 bits per heavy atom. The molecular weight excluding hydrogens is 448 g/mol. The summed E-state index contributed by atoms with van der Waals surface area (Å²) in [5.74, 6) is 0. The maximum atomic E-state index is 4.66. The molecule has 0 radical (unpaired) electrons. The van der Waals surface area contributed by atoms with Crippen LogP contribution in [0.25, 0.3) is 21.5 Å². The largest absolute Gasteiger partial charge is 0.256 e. The smallest absolute Gasteiger partial charge is 0.0630 e. The fourth-order valence-corrected chi connectivity index (χ4v) is 4.51. The zero-order valence-corrected chi connectivity index (χ0v) is 20.5. The van der Waals surface area contributed by atoms with Crippen LogP contribution in [0.5, 0.6) is 0 Å². The molecule has 6 rings (SSSR count). The van der Waals surface area contributed by atoms with E-state index in [-0.39, 0.29) is 0 Å². The second-order valence-corrected chi connectivity index (χ2v) is 9.24. The average molecular weight is 475 g/mol. The van der Waals surface area contributed by atoms with Gasteiger partial charge >= 0.3 is 0 Å². The molecule has 0 N–H and O–H groups in total. The van der Waals surface area contributed by atoms with Crippen LogP contribution >= 0.6 is 0 Å². The summed E-state index contributed by atoms with van der Waals surface area (Å²) in [6.07, 6.45) is 4.74. The van der Waals surface area contributed by atoms with E-state index < -0.39 is 0 Å². The van der Waals surface area contributed by atoms with E-state index in [9.17, 15) is 0 Å². The Kier molecular flexibility index (Phi) is 6.38. The summed E-state index contributed by atoms with van der Waals surface area (Å²) in [5, 5.41) is 4.95. The summed E-state index contributed by atoms with van der Waals surface area (Å²) in [6, 6.07) is 46.5. The molecule has 2 heteroatoms. The van der Waals surface area contributed by atoms with E-state index in [1.54, 1.807) is 0 Å². The molecule has 0 saturated heterocycles. The van der Waals surface area contributed by atoms with Crippen molar-refractivity contribution in [3.8, 4) is 0 Å². The molecule has 0 fully saturated rings. The Morgan fingerprint density at radius 2 is 0.811 bits per heavy atom. The van der Waals surface area contributed by atoms with E-state index in [0.29, 0.717) is 0 Å². The Bertz CT molecular complexity index is 1600. The maximum Gasteiger partial charge on any atom is 0.0630 e. The maximum absolute atomic E-state index is 4.66. The molecule has 0 heterocycles. The van der Waals surface area contributed by atoms with Crippen LogP contribution in [0.15, 0.2) is 143 Å². The van der Waals surface area contributed by atoms with Crippen molar-refractivity contribution >= 4 is 45.3 Å². The van der Waals surface area contributed by atoms with Gasteiger partial charge in [0, 0.05) is 12.4 Å².